The zero-order valence-electron chi connectivity index (χ0n) is 7.45. The van der Waals surface area contributed by atoms with Gasteiger partial charge in [0.15, 0.2) is 5.12 Å². The van der Waals surface area contributed by atoms with E-state index in [4.69, 9.17) is 0 Å². The van der Waals surface area contributed by atoms with Crippen LogP contribution in [-0.2, 0) is 4.79 Å². The van der Waals surface area contributed by atoms with Crippen LogP contribution in [0, 0.1) is 5.82 Å². The fraction of sp³-hybridized carbons (Fsp3) is 0.333. The number of halogens is 1. The quantitative estimate of drug-likeness (QED) is 0.733. The van der Waals surface area contributed by atoms with Crippen molar-refractivity contribution in [3.63, 3.8) is 0 Å². The van der Waals surface area contributed by atoms with Crippen LogP contribution in [0.25, 0.3) is 0 Å². The summed E-state index contributed by atoms with van der Waals surface area (Å²) in [5, 5.41) is -0.253. The van der Waals surface area contributed by atoms with Crippen LogP contribution in [-0.4, -0.2) is 10.1 Å². The lowest BCUT2D eigenvalue weighted by Crippen LogP contribution is -1.98. The second-order valence-electron chi connectivity index (χ2n) is 2.62. The van der Waals surface area contributed by atoms with Crippen molar-refractivity contribution < 1.29 is 9.18 Å². The Kier molecular flexibility index (Phi) is 3.42. The minimum atomic E-state index is -0.358. The lowest BCUT2D eigenvalue weighted by Gasteiger charge is -2.08. The maximum atomic E-state index is 13.1. The molecular weight excluding hydrogens is 189 g/mol. The zero-order valence-corrected chi connectivity index (χ0v) is 8.27. The van der Waals surface area contributed by atoms with Crippen molar-refractivity contribution >= 4 is 16.9 Å². The molecule has 0 amide bonds. The molecule has 0 bridgehead atoms. The largest absolute Gasteiger partial charge is 0.288 e. The molecule has 0 aliphatic heterocycles. The predicted molar refractivity (Wildman–Crippen MR) is 50.9 cm³/mol. The second kappa shape index (κ2) is 4.37. The van der Waals surface area contributed by atoms with Crippen molar-refractivity contribution in [2.45, 2.75) is 19.1 Å². The predicted octanol–water partition coefficient (Wildman–Crippen LogP) is 2.56. The average Bonchev–Trinajstić information content (AvgIpc) is 2.03. The minimum absolute atomic E-state index is 0.0300. The normalized spacial score (nSPS) is 12.5. The van der Waals surface area contributed by atoms with E-state index in [0.717, 1.165) is 11.8 Å². The van der Waals surface area contributed by atoms with Gasteiger partial charge in [-0.1, -0.05) is 11.8 Å². The molecule has 0 aliphatic carbocycles. The highest BCUT2D eigenvalue weighted by molar-refractivity contribution is 8.13. The number of pyridine rings is 1. The molecule has 4 heteroatoms. The van der Waals surface area contributed by atoms with E-state index in [9.17, 15) is 9.18 Å². The van der Waals surface area contributed by atoms with Crippen LogP contribution in [0.4, 0.5) is 4.39 Å². The van der Waals surface area contributed by atoms with Crippen molar-refractivity contribution in [3.05, 3.63) is 29.8 Å². The molecule has 0 saturated carbocycles. The Morgan fingerprint density at radius 1 is 1.69 bits per heavy atom. The van der Waals surface area contributed by atoms with Crippen LogP contribution in [0.15, 0.2) is 18.3 Å². The zero-order chi connectivity index (χ0) is 9.84. The molecule has 1 aromatic rings. The highest BCUT2D eigenvalue weighted by Gasteiger charge is 2.13. The van der Waals surface area contributed by atoms with Crippen LogP contribution < -0.4 is 0 Å². The van der Waals surface area contributed by atoms with Gasteiger partial charge in [0.2, 0.25) is 0 Å². The fourth-order valence-electron chi connectivity index (χ4n) is 1.00. The molecule has 1 unspecified atom stereocenters. The van der Waals surface area contributed by atoms with Gasteiger partial charge < -0.3 is 0 Å². The molecule has 0 fully saturated rings. The average molecular weight is 199 g/mol. The third kappa shape index (κ3) is 2.81. The first kappa shape index (κ1) is 10.2. The number of hydrogen-bond donors (Lipinski definition) is 0. The van der Waals surface area contributed by atoms with Crippen molar-refractivity contribution in [1.82, 2.24) is 4.98 Å². The summed E-state index contributed by atoms with van der Waals surface area (Å²) in [6.07, 6.45) is 1.52. The van der Waals surface area contributed by atoms with Crippen LogP contribution >= 0.6 is 11.8 Å². The number of carbonyl (C=O) groups excluding carboxylic acids is 1. The van der Waals surface area contributed by atoms with E-state index in [0.29, 0.717) is 5.69 Å². The fourth-order valence-corrected chi connectivity index (χ4v) is 1.78. The Morgan fingerprint density at radius 2 is 2.38 bits per heavy atom. The summed E-state index contributed by atoms with van der Waals surface area (Å²) in [5.74, 6) is -0.358. The van der Waals surface area contributed by atoms with Crippen LogP contribution in [0.1, 0.15) is 24.8 Å². The smallest absolute Gasteiger partial charge is 0.186 e. The first-order valence-corrected chi connectivity index (χ1v) is 4.77. The van der Waals surface area contributed by atoms with Gasteiger partial charge in [0.05, 0.1) is 10.9 Å². The molecule has 0 aliphatic rings. The van der Waals surface area contributed by atoms with E-state index in [1.54, 1.807) is 6.92 Å². The Hall–Kier alpha value is -0.900. The number of carbonyl (C=O) groups is 1. The van der Waals surface area contributed by atoms with E-state index in [1.807, 2.05) is 0 Å². The van der Waals surface area contributed by atoms with Gasteiger partial charge >= 0.3 is 0 Å². The van der Waals surface area contributed by atoms with Crippen molar-refractivity contribution in [1.29, 1.82) is 0 Å². The summed E-state index contributed by atoms with van der Waals surface area (Å²) in [4.78, 5) is 14.6. The molecule has 0 N–H and O–H groups in total. The number of aromatic nitrogens is 1. The van der Waals surface area contributed by atoms with E-state index < -0.39 is 0 Å². The van der Waals surface area contributed by atoms with Crippen LogP contribution in [0.2, 0.25) is 0 Å². The van der Waals surface area contributed by atoms with Gasteiger partial charge in [-0.3, -0.25) is 9.78 Å². The summed E-state index contributed by atoms with van der Waals surface area (Å²) in [6.45, 7) is 3.22. The third-order valence-electron chi connectivity index (χ3n) is 1.51. The molecule has 0 aromatic carbocycles. The monoisotopic (exact) mass is 199 g/mol. The van der Waals surface area contributed by atoms with Gasteiger partial charge in [-0.05, 0) is 19.1 Å². The molecule has 0 saturated heterocycles. The Labute approximate surface area is 80.6 Å². The van der Waals surface area contributed by atoms with Crippen molar-refractivity contribution in [2.24, 2.45) is 0 Å². The van der Waals surface area contributed by atoms with Gasteiger partial charge in [-0.2, -0.15) is 0 Å². The Morgan fingerprint density at radius 3 is 2.92 bits per heavy atom. The lowest BCUT2D eigenvalue weighted by molar-refractivity contribution is -0.109. The molecule has 1 atom stereocenters. The number of rotatable bonds is 2. The third-order valence-corrected chi connectivity index (χ3v) is 2.42. The molecule has 2 nitrogen and oxygen atoms in total. The van der Waals surface area contributed by atoms with Crippen molar-refractivity contribution in [2.75, 3.05) is 0 Å². The second-order valence-corrected chi connectivity index (χ2v) is 4.14. The Bertz CT molecular complexity index is 316. The number of nitrogens with zero attached hydrogens (tertiary/aromatic N) is 1. The van der Waals surface area contributed by atoms with E-state index in [2.05, 4.69) is 4.98 Å². The number of thioether (sulfide) groups is 1. The molecular formula is C9H10FNOS. The lowest BCUT2D eigenvalue weighted by atomic mass is 10.3. The molecule has 13 heavy (non-hydrogen) atoms. The molecule has 70 valence electrons. The van der Waals surface area contributed by atoms with E-state index in [1.165, 1.54) is 25.3 Å². The number of hydrogen-bond acceptors (Lipinski definition) is 3. The van der Waals surface area contributed by atoms with Crippen molar-refractivity contribution in [3.8, 4) is 0 Å². The molecule has 1 rings (SSSR count). The van der Waals surface area contributed by atoms with Gasteiger partial charge in [0.1, 0.15) is 5.82 Å². The highest BCUT2D eigenvalue weighted by Crippen LogP contribution is 2.28. The van der Waals surface area contributed by atoms with Gasteiger partial charge in [0.25, 0.3) is 0 Å². The summed E-state index contributed by atoms with van der Waals surface area (Å²) in [5.41, 5.74) is 0.336. The first-order chi connectivity index (χ1) is 6.11. The van der Waals surface area contributed by atoms with Crippen LogP contribution in [0.5, 0.6) is 0 Å². The molecule has 1 heterocycles. The maximum absolute atomic E-state index is 13.1. The summed E-state index contributed by atoms with van der Waals surface area (Å²) in [7, 11) is 0. The van der Waals surface area contributed by atoms with Gasteiger partial charge in [0, 0.05) is 13.1 Å². The molecule has 0 radical (unpaired) electrons. The van der Waals surface area contributed by atoms with Crippen LogP contribution in [0.3, 0.4) is 0 Å². The minimum Gasteiger partial charge on any atom is -0.288 e. The maximum Gasteiger partial charge on any atom is 0.186 e. The summed E-state index contributed by atoms with van der Waals surface area (Å²) < 4.78 is 13.1. The van der Waals surface area contributed by atoms with E-state index in [-0.39, 0.29) is 16.2 Å². The highest BCUT2D eigenvalue weighted by atomic mass is 32.2. The molecule has 0 spiro atoms. The van der Waals surface area contributed by atoms with Gasteiger partial charge in [-0.15, -0.1) is 0 Å². The topological polar surface area (TPSA) is 30.0 Å². The standard InChI is InChI=1S/C9H10FNOS/c1-6(13-7(2)12)9-8(10)4-3-5-11-9/h3-6H,1-2H3. The first-order valence-electron chi connectivity index (χ1n) is 3.89. The van der Waals surface area contributed by atoms with Gasteiger partial charge in [-0.25, -0.2) is 4.39 Å². The Balaban J connectivity index is 2.82. The molecule has 1 aromatic heterocycles. The van der Waals surface area contributed by atoms with E-state index >= 15 is 0 Å². The summed E-state index contributed by atoms with van der Waals surface area (Å²) in [6, 6.07) is 2.88. The summed E-state index contributed by atoms with van der Waals surface area (Å²) >= 11 is 1.08. The SMILES string of the molecule is CC(=O)SC(C)c1ncccc1F.